The molecule has 2 aromatic rings. The number of aromatic nitrogens is 3. The summed E-state index contributed by atoms with van der Waals surface area (Å²) in [6, 6.07) is 3.98. The molecule has 0 unspecified atom stereocenters. The minimum absolute atomic E-state index is 0.0466. The second-order valence-corrected chi connectivity index (χ2v) is 9.88. The van der Waals surface area contributed by atoms with Crippen molar-refractivity contribution in [3.8, 4) is 5.75 Å². The van der Waals surface area contributed by atoms with Gasteiger partial charge in [0.1, 0.15) is 40.5 Å². The van der Waals surface area contributed by atoms with Gasteiger partial charge >= 0.3 is 11.9 Å². The number of nitrogens with zero attached hydrogens (tertiary/aromatic N) is 3. The number of fused-ring (bicyclic) bond motifs is 1. The third kappa shape index (κ3) is 8.31. The van der Waals surface area contributed by atoms with Gasteiger partial charge in [-0.2, -0.15) is 0 Å². The van der Waals surface area contributed by atoms with Crippen molar-refractivity contribution in [2.75, 3.05) is 18.1 Å². The van der Waals surface area contributed by atoms with E-state index < -0.39 is 47.8 Å². The number of rotatable bonds is 8. The predicted octanol–water partition coefficient (Wildman–Crippen LogP) is 0.297. The van der Waals surface area contributed by atoms with Gasteiger partial charge in [-0.1, -0.05) is 35.2 Å². The van der Waals surface area contributed by atoms with Crippen molar-refractivity contribution in [3.05, 3.63) is 60.0 Å². The Bertz CT molecular complexity index is 1210. The molecule has 1 fully saturated rings. The number of hydrogen-bond donors (Lipinski definition) is 7. The van der Waals surface area contributed by atoms with Crippen LogP contribution in [0.3, 0.4) is 0 Å². The first-order valence-electron chi connectivity index (χ1n) is 11.2. The summed E-state index contributed by atoms with van der Waals surface area (Å²) in [6.07, 6.45) is 3.35. The number of carbonyl (C=O) groups is 4. The molecule has 39 heavy (non-hydrogen) atoms. The van der Waals surface area contributed by atoms with E-state index in [-0.39, 0.29) is 11.4 Å². The molecule has 0 saturated carbocycles. The standard InChI is InChI=1S/C18H18N6O5S2.C3H6.C2H4O3/c19-12(8-1-3-10(25)4-2-8)15(26)21-13-16(27)24-14(18(28)29)9(7-31-17(13)24)6-30-11-5-20-23-22-11;1-3-2;3-1-2(4)5/h1-5,12-13,17,25H,6-7,19H2,(H,21,26)(H,28,29)(H,20,22,23);3H,1H2,2H3;3H,1H2,(H,4,5)/t12-,13-,17-;;/m1../s1. The Morgan fingerprint density at radius 3 is 2.46 bits per heavy atom. The Morgan fingerprint density at radius 2 is 1.95 bits per heavy atom. The van der Waals surface area contributed by atoms with E-state index in [0.29, 0.717) is 27.7 Å². The molecule has 2 amide bonds. The number of nitrogens with two attached hydrogens (primary N) is 1. The van der Waals surface area contributed by atoms with Crippen molar-refractivity contribution in [2.24, 2.45) is 5.73 Å². The Balaban J connectivity index is 0.000000590. The molecule has 3 heterocycles. The van der Waals surface area contributed by atoms with Crippen LogP contribution in [0.4, 0.5) is 0 Å². The maximum absolute atomic E-state index is 12.7. The number of benzene rings is 1. The van der Waals surface area contributed by atoms with Crippen LogP contribution in [-0.2, 0) is 19.2 Å². The Hall–Kier alpha value is -3.86. The summed E-state index contributed by atoms with van der Waals surface area (Å²) >= 11 is 2.70. The van der Waals surface area contributed by atoms with Crippen LogP contribution in [0.2, 0.25) is 0 Å². The molecule has 16 heteroatoms. The number of allylic oxidation sites excluding steroid dienone is 1. The van der Waals surface area contributed by atoms with Gasteiger partial charge in [-0.05, 0) is 30.2 Å². The van der Waals surface area contributed by atoms with E-state index in [4.69, 9.17) is 20.7 Å². The molecule has 0 aliphatic carbocycles. The molecule has 1 saturated heterocycles. The molecule has 1 aromatic heterocycles. The van der Waals surface area contributed by atoms with Crippen LogP contribution in [-0.4, -0.2) is 94.0 Å². The van der Waals surface area contributed by atoms with E-state index in [1.54, 1.807) is 12.3 Å². The van der Waals surface area contributed by atoms with Crippen molar-refractivity contribution in [3.63, 3.8) is 0 Å². The highest BCUT2D eigenvalue weighted by Gasteiger charge is 2.54. The average Bonchev–Trinajstić information content (AvgIpc) is 3.44. The number of hydrogen-bond acceptors (Lipinski definition) is 11. The first-order valence-corrected chi connectivity index (χ1v) is 13.2. The lowest BCUT2D eigenvalue weighted by atomic mass is 10.0. The average molecular weight is 581 g/mol. The van der Waals surface area contributed by atoms with Gasteiger partial charge < -0.3 is 31.5 Å². The third-order valence-electron chi connectivity index (χ3n) is 5.01. The predicted molar refractivity (Wildman–Crippen MR) is 142 cm³/mol. The van der Waals surface area contributed by atoms with Gasteiger partial charge in [0.05, 0.1) is 6.20 Å². The lowest BCUT2D eigenvalue weighted by Gasteiger charge is -2.49. The molecule has 3 atom stereocenters. The van der Waals surface area contributed by atoms with Crippen molar-refractivity contribution in [1.82, 2.24) is 25.6 Å². The summed E-state index contributed by atoms with van der Waals surface area (Å²) in [5, 5.41) is 46.8. The minimum atomic E-state index is -1.19. The topological polar surface area (TPSA) is 232 Å². The van der Waals surface area contributed by atoms with E-state index >= 15 is 0 Å². The van der Waals surface area contributed by atoms with E-state index in [0.717, 1.165) is 0 Å². The number of carboxylic acids is 2. The molecule has 0 bridgehead atoms. The summed E-state index contributed by atoms with van der Waals surface area (Å²) in [5.74, 6) is -2.64. The Kier molecular flexibility index (Phi) is 12.0. The number of phenolic OH excluding ortho intramolecular Hbond substituents is 1. The van der Waals surface area contributed by atoms with E-state index in [1.807, 2.05) is 6.92 Å². The molecule has 210 valence electrons. The number of amides is 2. The molecular weight excluding hydrogens is 552 g/mol. The second-order valence-electron chi connectivity index (χ2n) is 7.78. The summed E-state index contributed by atoms with van der Waals surface area (Å²) < 4.78 is 0. The molecule has 4 rings (SSSR count). The largest absolute Gasteiger partial charge is 0.508 e. The third-order valence-corrected chi connectivity index (χ3v) is 7.33. The number of aliphatic hydroxyl groups excluding tert-OH is 1. The molecular formula is C23H28N6O8S2. The number of H-pyrrole nitrogens is 1. The van der Waals surface area contributed by atoms with Gasteiger partial charge in [0, 0.05) is 11.5 Å². The quantitative estimate of drug-likeness (QED) is 0.127. The van der Waals surface area contributed by atoms with Gasteiger partial charge in [-0.15, -0.1) is 23.4 Å². The Morgan fingerprint density at radius 1 is 1.33 bits per heavy atom. The first-order chi connectivity index (χ1) is 18.5. The fourth-order valence-corrected chi connectivity index (χ4v) is 5.56. The van der Waals surface area contributed by atoms with Crippen LogP contribution in [0, 0.1) is 0 Å². The van der Waals surface area contributed by atoms with Crippen LogP contribution in [0.1, 0.15) is 18.5 Å². The molecule has 1 aromatic carbocycles. The number of phenols is 1. The number of nitrogens with one attached hydrogen (secondary N) is 2. The van der Waals surface area contributed by atoms with Crippen molar-refractivity contribution in [1.29, 1.82) is 0 Å². The summed E-state index contributed by atoms with van der Waals surface area (Å²) in [5.41, 5.74) is 6.99. The monoisotopic (exact) mass is 580 g/mol. The summed E-state index contributed by atoms with van der Waals surface area (Å²) in [4.78, 5) is 47.5. The van der Waals surface area contributed by atoms with Gasteiger partial charge in [-0.25, -0.2) is 9.59 Å². The fourth-order valence-electron chi connectivity index (χ4n) is 3.29. The fraction of sp³-hybridized carbons (Fsp3) is 0.304. The smallest absolute Gasteiger partial charge is 0.352 e. The highest BCUT2D eigenvalue weighted by molar-refractivity contribution is 8.01. The zero-order valence-electron chi connectivity index (χ0n) is 20.7. The van der Waals surface area contributed by atoms with Crippen molar-refractivity contribution in [2.45, 2.75) is 29.4 Å². The van der Waals surface area contributed by atoms with Gasteiger partial charge in [0.2, 0.25) is 5.91 Å². The maximum Gasteiger partial charge on any atom is 0.352 e. The number of carbonyl (C=O) groups excluding carboxylic acids is 2. The highest BCUT2D eigenvalue weighted by Crippen LogP contribution is 2.41. The number of β-lactam (4-membered cyclic amide) rings is 1. The molecule has 2 aliphatic rings. The van der Waals surface area contributed by atoms with Crippen molar-refractivity contribution >= 4 is 47.3 Å². The van der Waals surface area contributed by atoms with Crippen molar-refractivity contribution < 1.29 is 39.6 Å². The van der Waals surface area contributed by atoms with Crippen LogP contribution in [0.25, 0.3) is 0 Å². The molecule has 8 N–H and O–H groups in total. The van der Waals surface area contributed by atoms with Crippen LogP contribution >= 0.6 is 23.5 Å². The number of thioether (sulfide) groups is 2. The molecule has 2 aliphatic heterocycles. The number of aliphatic hydroxyl groups is 1. The zero-order chi connectivity index (χ0) is 29.1. The number of aliphatic carboxylic acids is 2. The van der Waals surface area contributed by atoms with E-state index in [2.05, 4.69) is 27.3 Å². The van der Waals surface area contributed by atoms with Gasteiger partial charge in [0.25, 0.3) is 5.91 Å². The minimum Gasteiger partial charge on any atom is -0.508 e. The number of aromatic amines is 1. The first kappa shape index (κ1) is 31.4. The lowest BCUT2D eigenvalue weighted by molar-refractivity contribution is -0.150. The van der Waals surface area contributed by atoms with Gasteiger partial charge in [0.15, 0.2) is 0 Å². The maximum atomic E-state index is 12.7. The van der Waals surface area contributed by atoms with Crippen LogP contribution in [0.5, 0.6) is 5.75 Å². The zero-order valence-corrected chi connectivity index (χ0v) is 22.3. The summed E-state index contributed by atoms with van der Waals surface area (Å²) in [7, 11) is 0. The van der Waals surface area contributed by atoms with Crippen LogP contribution < -0.4 is 11.1 Å². The van der Waals surface area contributed by atoms with Gasteiger partial charge in [-0.3, -0.25) is 19.6 Å². The normalized spacial score (nSPS) is 18.2. The van der Waals surface area contributed by atoms with E-state index in [9.17, 15) is 24.6 Å². The molecule has 14 nitrogen and oxygen atoms in total. The molecule has 0 radical (unpaired) electrons. The second kappa shape index (κ2) is 14.9. The number of aromatic hydroxyl groups is 1. The SMILES string of the molecule is C=CC.N[C@@H](C(=O)N[C@@H]1C(=O)N2C(C(=O)O)=C(CSc3c[nH]nn3)CS[C@H]12)c1ccc(O)cc1.O=C(O)CO. The van der Waals surface area contributed by atoms with Crippen LogP contribution in [0.15, 0.2) is 59.4 Å². The van der Waals surface area contributed by atoms with E-state index in [1.165, 1.54) is 52.7 Å². The number of carboxylic acid groups (broad SMARTS) is 2. The highest BCUT2D eigenvalue weighted by atomic mass is 32.2. The lowest BCUT2D eigenvalue weighted by Crippen LogP contribution is -2.71. The Labute approximate surface area is 231 Å². The molecule has 0 spiro atoms. The summed E-state index contributed by atoms with van der Waals surface area (Å²) in [6.45, 7) is 4.47.